The Bertz CT molecular complexity index is 1130. The van der Waals surface area contributed by atoms with Gasteiger partial charge in [-0.25, -0.2) is 0 Å². The van der Waals surface area contributed by atoms with Crippen molar-refractivity contribution in [3.05, 3.63) is 58.2 Å². The van der Waals surface area contributed by atoms with E-state index in [4.69, 9.17) is 4.74 Å². The van der Waals surface area contributed by atoms with Gasteiger partial charge in [-0.3, -0.25) is 9.59 Å². The highest BCUT2D eigenvalue weighted by atomic mass is 16.6. The highest BCUT2D eigenvalue weighted by molar-refractivity contribution is 5.93. The van der Waals surface area contributed by atoms with E-state index in [9.17, 15) is 9.59 Å². The molecule has 4 aliphatic rings. The first-order valence-corrected chi connectivity index (χ1v) is 12.4. The first-order valence-electron chi connectivity index (χ1n) is 12.4. The summed E-state index contributed by atoms with van der Waals surface area (Å²) in [4.78, 5) is 24.4. The molecular formula is C30H34O3. The van der Waals surface area contributed by atoms with Gasteiger partial charge in [0.05, 0.1) is 0 Å². The fourth-order valence-corrected chi connectivity index (χ4v) is 7.59. The quantitative estimate of drug-likeness (QED) is 0.403. The van der Waals surface area contributed by atoms with Crippen molar-refractivity contribution in [2.75, 3.05) is 0 Å². The highest BCUT2D eigenvalue weighted by Crippen LogP contribution is 2.67. The number of rotatable bonds is 2. The smallest absolute Gasteiger partial charge is 0.304 e. The summed E-state index contributed by atoms with van der Waals surface area (Å²) in [5, 5.41) is 0. The minimum absolute atomic E-state index is 0.211. The van der Waals surface area contributed by atoms with E-state index in [2.05, 4.69) is 50.0 Å². The van der Waals surface area contributed by atoms with Crippen LogP contribution < -0.4 is 0 Å². The van der Waals surface area contributed by atoms with E-state index in [1.807, 2.05) is 13.0 Å². The molecule has 5 rings (SSSR count). The number of aryl methyl sites for hydroxylation is 1. The molecule has 4 aliphatic carbocycles. The van der Waals surface area contributed by atoms with E-state index in [1.54, 1.807) is 5.57 Å². The summed E-state index contributed by atoms with van der Waals surface area (Å²) < 4.78 is 6.13. The molecule has 2 fully saturated rings. The third-order valence-corrected chi connectivity index (χ3v) is 8.98. The van der Waals surface area contributed by atoms with E-state index in [-0.39, 0.29) is 23.1 Å². The number of carbonyl (C=O) groups excluding carboxylic acids is 2. The normalized spacial score (nSPS) is 35.0. The fourth-order valence-electron chi connectivity index (χ4n) is 7.59. The molecule has 0 spiro atoms. The summed E-state index contributed by atoms with van der Waals surface area (Å²) in [5.41, 5.74) is 5.94. The largest absolute Gasteiger partial charge is 0.445 e. The number of fused-ring (bicyclic) bond motifs is 4. The zero-order chi connectivity index (χ0) is 23.4. The van der Waals surface area contributed by atoms with Crippen LogP contribution in [0.4, 0.5) is 0 Å². The minimum atomic E-state index is -0.726. The van der Waals surface area contributed by atoms with Crippen molar-refractivity contribution in [3.63, 3.8) is 0 Å². The van der Waals surface area contributed by atoms with E-state index >= 15 is 0 Å². The van der Waals surface area contributed by atoms with Crippen molar-refractivity contribution < 1.29 is 14.3 Å². The van der Waals surface area contributed by atoms with E-state index in [1.165, 1.54) is 29.2 Å². The zero-order valence-electron chi connectivity index (χ0n) is 20.3. The van der Waals surface area contributed by atoms with Crippen molar-refractivity contribution in [1.82, 2.24) is 0 Å². The molecule has 0 aromatic heterocycles. The topological polar surface area (TPSA) is 43.4 Å². The van der Waals surface area contributed by atoms with Gasteiger partial charge in [-0.15, -0.1) is 5.92 Å². The first-order chi connectivity index (χ1) is 15.8. The second-order valence-corrected chi connectivity index (χ2v) is 10.7. The summed E-state index contributed by atoms with van der Waals surface area (Å²) in [6, 6.07) is 8.95. The Morgan fingerprint density at radius 3 is 2.58 bits per heavy atom. The minimum Gasteiger partial charge on any atom is -0.445 e. The van der Waals surface area contributed by atoms with Crippen molar-refractivity contribution in [2.45, 2.75) is 84.2 Å². The first kappa shape index (κ1) is 22.2. The van der Waals surface area contributed by atoms with Crippen LogP contribution in [0.15, 0.2) is 47.1 Å². The van der Waals surface area contributed by atoms with Crippen LogP contribution in [-0.2, 0) is 14.3 Å². The molecule has 0 unspecified atom stereocenters. The van der Waals surface area contributed by atoms with Gasteiger partial charge in [-0.05, 0) is 87.0 Å². The van der Waals surface area contributed by atoms with Crippen LogP contribution in [-0.4, -0.2) is 17.4 Å². The molecule has 1 aromatic carbocycles. The Labute approximate surface area is 197 Å². The number of esters is 1. The number of ketones is 1. The Balaban J connectivity index is 1.70. The lowest BCUT2D eigenvalue weighted by atomic mass is 9.51. The monoisotopic (exact) mass is 442 g/mol. The predicted octanol–water partition coefficient (Wildman–Crippen LogP) is 6.22. The second kappa shape index (κ2) is 8.01. The summed E-state index contributed by atoms with van der Waals surface area (Å²) in [6.07, 6.45) is 8.19. The molecule has 5 atom stereocenters. The van der Waals surface area contributed by atoms with Crippen molar-refractivity contribution in [1.29, 1.82) is 0 Å². The van der Waals surface area contributed by atoms with Gasteiger partial charge in [0.25, 0.3) is 0 Å². The maximum absolute atomic E-state index is 12.2. The van der Waals surface area contributed by atoms with E-state index in [0.717, 1.165) is 38.5 Å². The van der Waals surface area contributed by atoms with Gasteiger partial charge >= 0.3 is 5.97 Å². The van der Waals surface area contributed by atoms with Crippen molar-refractivity contribution in [3.8, 4) is 11.8 Å². The Hall–Kier alpha value is -2.60. The maximum atomic E-state index is 12.2. The molecular weight excluding hydrogens is 408 g/mol. The van der Waals surface area contributed by atoms with Gasteiger partial charge < -0.3 is 4.74 Å². The van der Waals surface area contributed by atoms with Gasteiger partial charge in [-0.2, -0.15) is 0 Å². The van der Waals surface area contributed by atoms with Gasteiger partial charge in [0.1, 0.15) is 0 Å². The van der Waals surface area contributed by atoms with Crippen LogP contribution in [0.3, 0.4) is 0 Å². The summed E-state index contributed by atoms with van der Waals surface area (Å²) >= 11 is 0. The van der Waals surface area contributed by atoms with Crippen LogP contribution in [0.1, 0.15) is 82.8 Å². The number of hydrogen-bond acceptors (Lipinski definition) is 3. The molecule has 3 heteroatoms. The Morgan fingerprint density at radius 2 is 1.88 bits per heavy atom. The molecule has 0 heterocycles. The molecule has 1 aromatic rings. The Kier molecular flexibility index (Phi) is 5.39. The van der Waals surface area contributed by atoms with Crippen LogP contribution in [0.25, 0.3) is 0 Å². The van der Waals surface area contributed by atoms with Crippen molar-refractivity contribution in [2.24, 2.45) is 17.3 Å². The van der Waals surface area contributed by atoms with Gasteiger partial charge in [0, 0.05) is 24.7 Å². The molecule has 0 radical (unpaired) electrons. The number of ether oxygens (including phenoxy) is 1. The molecule has 0 bridgehead atoms. The molecule has 0 N–H and O–H groups in total. The second-order valence-electron chi connectivity index (χ2n) is 10.7. The number of allylic oxidation sites excluding steroid dienone is 4. The average molecular weight is 443 g/mol. The van der Waals surface area contributed by atoms with Gasteiger partial charge in [0.15, 0.2) is 11.4 Å². The molecule has 0 amide bonds. The predicted molar refractivity (Wildman–Crippen MR) is 129 cm³/mol. The SMILES string of the molecule is CC#C[C@]1(OC(C)=O)CC[C@H]2[C@@H]3CCC4=CC(=O)CCC4=C3[C@@H](c3ccc(C)cc3)C[C@@]21C. The van der Waals surface area contributed by atoms with Crippen LogP contribution in [0.5, 0.6) is 0 Å². The van der Waals surface area contributed by atoms with Crippen LogP contribution >= 0.6 is 0 Å². The molecule has 0 saturated heterocycles. The lowest BCUT2D eigenvalue weighted by Crippen LogP contribution is -2.53. The van der Waals surface area contributed by atoms with Crippen LogP contribution in [0, 0.1) is 36.0 Å². The van der Waals surface area contributed by atoms with E-state index in [0.29, 0.717) is 18.3 Å². The number of benzene rings is 1. The molecule has 172 valence electrons. The summed E-state index contributed by atoms with van der Waals surface area (Å²) in [6.45, 7) is 7.82. The van der Waals surface area contributed by atoms with Crippen LogP contribution in [0.2, 0.25) is 0 Å². The summed E-state index contributed by atoms with van der Waals surface area (Å²) in [5.74, 6) is 7.69. The fraction of sp³-hybridized carbons (Fsp3) is 0.533. The van der Waals surface area contributed by atoms with Gasteiger partial charge in [0.2, 0.25) is 0 Å². The molecule has 33 heavy (non-hydrogen) atoms. The third-order valence-electron chi connectivity index (χ3n) is 8.98. The summed E-state index contributed by atoms with van der Waals surface area (Å²) in [7, 11) is 0. The third kappa shape index (κ3) is 3.41. The van der Waals surface area contributed by atoms with E-state index < -0.39 is 5.60 Å². The molecule has 2 saturated carbocycles. The number of hydrogen-bond donors (Lipinski definition) is 0. The average Bonchev–Trinajstić information content (AvgIpc) is 3.05. The molecule has 3 nitrogen and oxygen atoms in total. The van der Waals surface area contributed by atoms with Crippen molar-refractivity contribution >= 4 is 11.8 Å². The lowest BCUT2D eigenvalue weighted by Gasteiger charge is -2.54. The molecule has 0 aliphatic heterocycles. The van der Waals surface area contributed by atoms with Gasteiger partial charge in [-0.1, -0.05) is 48.2 Å². The number of carbonyl (C=O) groups is 2. The zero-order valence-corrected chi connectivity index (χ0v) is 20.3. The lowest BCUT2D eigenvalue weighted by molar-refractivity contribution is -0.164. The maximum Gasteiger partial charge on any atom is 0.304 e. The Morgan fingerprint density at radius 1 is 1.12 bits per heavy atom. The highest BCUT2D eigenvalue weighted by Gasteiger charge is 2.64. The standard InChI is InChI=1S/C30H34O3/c1-5-15-30(33-20(3)31)16-14-27-25-12-10-22-17-23(32)11-13-24(22)28(25)26(18-29(27,30)4)21-8-6-19(2)7-9-21/h6-9,17,25-27H,10-14,16,18H2,1-4H3/t25-,26+,27-,29-,30-/m0/s1.